The lowest BCUT2D eigenvalue weighted by Crippen LogP contribution is -2.47. The second-order valence-corrected chi connectivity index (χ2v) is 6.12. The molecule has 2 N–H and O–H groups in total. The average Bonchev–Trinajstić information content (AvgIpc) is 2.24. The molecule has 0 heterocycles. The normalized spacial score (nSPS) is 11.7. The van der Waals surface area contributed by atoms with E-state index >= 15 is 0 Å². The Morgan fingerprint density at radius 1 is 1.32 bits per heavy atom. The quantitative estimate of drug-likeness (QED) is 0.425. The van der Waals surface area contributed by atoms with E-state index in [9.17, 15) is 0 Å². The molecule has 0 radical (unpaired) electrons. The molecule has 108 valence electrons. The van der Waals surface area contributed by atoms with Crippen LogP contribution < -0.4 is 10.6 Å². The minimum absolute atomic E-state index is 0. The van der Waals surface area contributed by atoms with Crippen LogP contribution in [0.2, 0.25) is 0 Å². The minimum Gasteiger partial charge on any atom is -0.357 e. The lowest BCUT2D eigenvalue weighted by atomic mass is 10.1. The van der Waals surface area contributed by atoms with Crippen molar-refractivity contribution < 1.29 is 0 Å². The van der Waals surface area contributed by atoms with Crippen molar-refractivity contribution in [2.75, 3.05) is 6.54 Å². The fourth-order valence-corrected chi connectivity index (χ4v) is 1.91. The minimum atomic E-state index is 0. The molecule has 1 aromatic rings. The van der Waals surface area contributed by atoms with Crippen LogP contribution >= 0.6 is 39.9 Å². The van der Waals surface area contributed by atoms with E-state index in [1.165, 1.54) is 5.56 Å². The van der Waals surface area contributed by atoms with Gasteiger partial charge in [0, 0.05) is 16.6 Å². The smallest absolute Gasteiger partial charge is 0.191 e. The Morgan fingerprint density at radius 2 is 2.00 bits per heavy atom. The largest absolute Gasteiger partial charge is 0.357 e. The van der Waals surface area contributed by atoms with Crippen molar-refractivity contribution in [2.45, 2.75) is 39.8 Å². The second-order valence-electron chi connectivity index (χ2n) is 5.20. The Bertz CT molecular complexity index is 413. The summed E-state index contributed by atoms with van der Waals surface area (Å²) in [5.41, 5.74) is 1.20. The standard InChI is InChI=1S/C14H22BrN3.HI/c1-5-16-13(18-14(2,3)4)17-10-11-7-6-8-12(15)9-11;/h6-9H,5,10H2,1-4H3,(H2,16,17,18);1H. The molecule has 0 atom stereocenters. The van der Waals surface area contributed by atoms with E-state index in [1.807, 2.05) is 12.1 Å². The third-order valence-corrected chi connectivity index (χ3v) is 2.64. The Balaban J connectivity index is 0.00000324. The van der Waals surface area contributed by atoms with Crippen LogP contribution in [0.15, 0.2) is 33.7 Å². The van der Waals surface area contributed by atoms with Crippen LogP contribution in [0.1, 0.15) is 33.3 Å². The third kappa shape index (κ3) is 8.47. The number of hydrogen-bond donors (Lipinski definition) is 2. The predicted molar refractivity (Wildman–Crippen MR) is 97.3 cm³/mol. The number of rotatable bonds is 3. The maximum Gasteiger partial charge on any atom is 0.191 e. The molecule has 0 saturated carbocycles. The van der Waals surface area contributed by atoms with E-state index in [4.69, 9.17) is 0 Å². The highest BCUT2D eigenvalue weighted by molar-refractivity contribution is 14.0. The Morgan fingerprint density at radius 3 is 2.53 bits per heavy atom. The number of aliphatic imine (C=N–C) groups is 1. The van der Waals surface area contributed by atoms with Gasteiger partial charge >= 0.3 is 0 Å². The third-order valence-electron chi connectivity index (χ3n) is 2.15. The highest BCUT2D eigenvalue weighted by Crippen LogP contribution is 2.12. The van der Waals surface area contributed by atoms with Crippen LogP contribution in [0.3, 0.4) is 0 Å². The first-order valence-electron chi connectivity index (χ1n) is 6.21. The molecule has 19 heavy (non-hydrogen) atoms. The van der Waals surface area contributed by atoms with Gasteiger partial charge in [0.25, 0.3) is 0 Å². The van der Waals surface area contributed by atoms with Crippen molar-refractivity contribution in [1.82, 2.24) is 10.6 Å². The number of nitrogens with one attached hydrogen (secondary N) is 2. The van der Waals surface area contributed by atoms with Gasteiger partial charge in [0.05, 0.1) is 6.54 Å². The van der Waals surface area contributed by atoms with Gasteiger partial charge in [-0.3, -0.25) is 0 Å². The summed E-state index contributed by atoms with van der Waals surface area (Å²) in [6, 6.07) is 8.21. The topological polar surface area (TPSA) is 36.4 Å². The molecule has 0 unspecified atom stereocenters. The summed E-state index contributed by atoms with van der Waals surface area (Å²) < 4.78 is 1.09. The van der Waals surface area contributed by atoms with Crippen molar-refractivity contribution in [1.29, 1.82) is 0 Å². The summed E-state index contributed by atoms with van der Waals surface area (Å²) in [5.74, 6) is 0.852. The van der Waals surface area contributed by atoms with Gasteiger partial charge in [-0.05, 0) is 45.4 Å². The van der Waals surface area contributed by atoms with Crippen LogP contribution in [0.25, 0.3) is 0 Å². The van der Waals surface area contributed by atoms with Gasteiger partial charge in [-0.15, -0.1) is 24.0 Å². The summed E-state index contributed by atoms with van der Waals surface area (Å²) in [6.07, 6.45) is 0. The highest BCUT2D eigenvalue weighted by atomic mass is 127. The van der Waals surface area contributed by atoms with Crippen molar-refractivity contribution in [3.63, 3.8) is 0 Å². The van der Waals surface area contributed by atoms with Gasteiger partial charge in [-0.25, -0.2) is 4.99 Å². The Hall–Kier alpha value is -0.300. The Kier molecular flexibility index (Phi) is 8.65. The zero-order valence-corrected chi connectivity index (χ0v) is 15.9. The van der Waals surface area contributed by atoms with E-state index in [0.717, 1.165) is 17.0 Å². The summed E-state index contributed by atoms with van der Waals surface area (Å²) in [4.78, 5) is 4.58. The SMILES string of the molecule is CCNC(=NCc1cccc(Br)c1)NC(C)(C)C.I. The van der Waals surface area contributed by atoms with E-state index in [1.54, 1.807) is 0 Å². The second kappa shape index (κ2) is 8.79. The first-order valence-corrected chi connectivity index (χ1v) is 7.01. The van der Waals surface area contributed by atoms with E-state index in [-0.39, 0.29) is 29.5 Å². The molecule has 0 aliphatic rings. The summed E-state index contributed by atoms with van der Waals surface area (Å²) in [7, 11) is 0. The number of hydrogen-bond acceptors (Lipinski definition) is 1. The molecule has 0 fully saturated rings. The summed E-state index contributed by atoms with van der Waals surface area (Å²) in [6.45, 7) is 9.97. The maximum absolute atomic E-state index is 4.58. The van der Waals surface area contributed by atoms with Crippen molar-refractivity contribution in [3.05, 3.63) is 34.3 Å². The Labute approximate surface area is 141 Å². The lowest BCUT2D eigenvalue weighted by molar-refractivity contribution is 0.501. The zero-order chi connectivity index (χ0) is 13.6. The molecule has 0 spiro atoms. The van der Waals surface area contributed by atoms with Gasteiger partial charge < -0.3 is 10.6 Å². The van der Waals surface area contributed by atoms with E-state index in [0.29, 0.717) is 6.54 Å². The summed E-state index contributed by atoms with van der Waals surface area (Å²) in [5, 5.41) is 6.62. The van der Waals surface area contributed by atoms with E-state index in [2.05, 4.69) is 71.4 Å². The number of halogens is 2. The van der Waals surface area contributed by atoms with Gasteiger partial charge in [-0.2, -0.15) is 0 Å². The molecule has 0 aliphatic carbocycles. The lowest BCUT2D eigenvalue weighted by Gasteiger charge is -2.23. The van der Waals surface area contributed by atoms with Crippen LogP contribution in [0.5, 0.6) is 0 Å². The fraction of sp³-hybridized carbons (Fsp3) is 0.500. The van der Waals surface area contributed by atoms with Crippen molar-refractivity contribution in [2.24, 2.45) is 4.99 Å². The molecular weight excluding hydrogens is 417 g/mol. The van der Waals surface area contributed by atoms with Gasteiger partial charge in [0.1, 0.15) is 0 Å². The molecule has 0 aliphatic heterocycles. The number of guanidine groups is 1. The highest BCUT2D eigenvalue weighted by Gasteiger charge is 2.11. The molecule has 5 heteroatoms. The molecule has 0 bridgehead atoms. The van der Waals surface area contributed by atoms with Crippen molar-refractivity contribution in [3.8, 4) is 0 Å². The van der Waals surface area contributed by atoms with Crippen LogP contribution in [-0.4, -0.2) is 18.0 Å². The summed E-state index contributed by atoms with van der Waals surface area (Å²) >= 11 is 3.47. The van der Waals surface area contributed by atoms with Crippen molar-refractivity contribution >= 4 is 45.9 Å². The molecule has 0 amide bonds. The zero-order valence-electron chi connectivity index (χ0n) is 12.0. The monoisotopic (exact) mass is 439 g/mol. The van der Waals surface area contributed by atoms with Crippen LogP contribution in [0, 0.1) is 0 Å². The van der Waals surface area contributed by atoms with Gasteiger partial charge in [0.2, 0.25) is 0 Å². The number of benzene rings is 1. The molecule has 0 aromatic heterocycles. The first-order chi connectivity index (χ1) is 8.40. The number of nitrogens with zero attached hydrogens (tertiary/aromatic N) is 1. The fourth-order valence-electron chi connectivity index (χ4n) is 1.47. The molecular formula is C14H23BrIN3. The van der Waals surface area contributed by atoms with Gasteiger partial charge in [0.15, 0.2) is 5.96 Å². The maximum atomic E-state index is 4.58. The van der Waals surface area contributed by atoms with E-state index < -0.39 is 0 Å². The molecule has 0 saturated heterocycles. The first kappa shape index (κ1) is 18.7. The van der Waals surface area contributed by atoms with Gasteiger partial charge in [-0.1, -0.05) is 28.1 Å². The van der Waals surface area contributed by atoms with Crippen LogP contribution in [0.4, 0.5) is 0 Å². The predicted octanol–water partition coefficient (Wildman–Crippen LogP) is 3.92. The molecule has 1 aromatic carbocycles. The average molecular weight is 440 g/mol. The van der Waals surface area contributed by atoms with Crippen LogP contribution in [-0.2, 0) is 6.54 Å². The molecule has 1 rings (SSSR count). The molecule has 3 nitrogen and oxygen atoms in total.